The van der Waals surface area contributed by atoms with E-state index in [0.717, 1.165) is 57.8 Å². The van der Waals surface area contributed by atoms with Crippen LogP contribution in [-0.2, 0) is 27.9 Å². The number of amides is 1. The molecule has 0 heterocycles. The topological polar surface area (TPSA) is 111 Å². The number of nitrogens with one attached hydrogen (secondary N) is 1. The molecule has 3 unspecified atom stereocenters. The second kappa shape index (κ2) is 67.1. The van der Waals surface area contributed by atoms with Gasteiger partial charge >= 0.3 is 13.8 Å². The van der Waals surface area contributed by atoms with Crippen molar-refractivity contribution in [3.63, 3.8) is 0 Å². The average Bonchev–Trinajstić information content (AvgIpc) is 3.70. The van der Waals surface area contributed by atoms with Gasteiger partial charge in [0.25, 0.3) is 0 Å². The molecule has 3 atom stereocenters. The number of rotatable bonds is 71. The quantitative estimate of drug-likeness (QED) is 0.0205. The van der Waals surface area contributed by atoms with E-state index in [9.17, 15) is 19.0 Å². The molecule has 0 rings (SSSR count). The van der Waals surface area contributed by atoms with E-state index in [-0.39, 0.29) is 25.1 Å². The molecule has 0 saturated carbocycles. The first-order chi connectivity index (χ1) is 42.4. The Hall–Kier alpha value is -1.77. The lowest BCUT2D eigenvalue weighted by molar-refractivity contribution is -0.870. The Morgan fingerprint density at radius 3 is 0.977 bits per heavy atom. The zero-order valence-electron chi connectivity index (χ0n) is 59.0. The zero-order valence-corrected chi connectivity index (χ0v) is 59.9. The Morgan fingerprint density at radius 1 is 0.391 bits per heavy atom. The number of ether oxygens (including phenoxy) is 1. The summed E-state index contributed by atoms with van der Waals surface area (Å²) < 4.78 is 30.9. The summed E-state index contributed by atoms with van der Waals surface area (Å²) in [7, 11) is 1.52. The Balaban J connectivity index is 4.97. The van der Waals surface area contributed by atoms with Crippen LogP contribution in [0.1, 0.15) is 393 Å². The number of carbonyl (C=O) groups excluding carboxylic acids is 2. The van der Waals surface area contributed by atoms with E-state index in [1.165, 1.54) is 302 Å². The molecule has 0 spiro atoms. The van der Waals surface area contributed by atoms with Crippen molar-refractivity contribution in [2.75, 3.05) is 40.9 Å². The average molecular weight is 1250 g/mol. The molecule has 9 nitrogen and oxygen atoms in total. The minimum Gasteiger partial charge on any atom is -0.456 e. The number of phosphoric ester groups is 1. The summed E-state index contributed by atoms with van der Waals surface area (Å²) >= 11 is 0. The first kappa shape index (κ1) is 85.2. The van der Waals surface area contributed by atoms with E-state index in [2.05, 4.69) is 56.5 Å². The fraction of sp³-hybridized carbons (Fsp3) is 0.896. The van der Waals surface area contributed by atoms with Gasteiger partial charge in [-0.1, -0.05) is 334 Å². The standard InChI is InChI=1S/C77H149N2O7P/c1-7-10-13-16-19-22-25-28-30-32-34-36-37-38-39-40-41-43-45-47-49-52-55-58-61-64-67-70-77(81)86-75(68-65-62-59-56-53-50-27-24-21-18-15-12-9-3)74(73-85-87(82,83)84-72-71-79(4,5)6)78-76(80)69-66-63-60-57-54-51-48-46-44-42-35-33-31-29-26-23-20-17-14-11-8-2/h28-31,65,68,74-75H,7-27,32-64,66-67,69-73H2,1-6H3,(H-,78,80,82,83)/p+1/b30-28+,31-29+,68-65-. The molecule has 0 saturated heterocycles. The number of allylic oxidation sites excluding steroid dienone is 5. The summed E-state index contributed by atoms with van der Waals surface area (Å²) in [4.78, 5) is 38.0. The lowest BCUT2D eigenvalue weighted by Crippen LogP contribution is -2.47. The number of phosphoric acid groups is 1. The Kier molecular flexibility index (Phi) is 65.8. The van der Waals surface area contributed by atoms with Crippen LogP contribution in [0.5, 0.6) is 0 Å². The van der Waals surface area contributed by atoms with E-state index >= 15 is 0 Å². The first-order valence-corrected chi connectivity index (χ1v) is 39.8. The van der Waals surface area contributed by atoms with E-state index < -0.39 is 20.0 Å². The molecule has 0 aromatic heterocycles. The van der Waals surface area contributed by atoms with Gasteiger partial charge in [-0.3, -0.25) is 18.6 Å². The molecule has 1 amide bonds. The fourth-order valence-electron chi connectivity index (χ4n) is 11.6. The predicted molar refractivity (Wildman–Crippen MR) is 379 cm³/mol. The maximum atomic E-state index is 13.6. The zero-order chi connectivity index (χ0) is 63.5. The van der Waals surface area contributed by atoms with Crippen LogP contribution < -0.4 is 5.32 Å². The van der Waals surface area contributed by atoms with Crippen LogP contribution in [-0.4, -0.2) is 74.3 Å². The normalized spacial score (nSPS) is 13.6. The van der Waals surface area contributed by atoms with Crippen molar-refractivity contribution in [3.8, 4) is 0 Å². The highest BCUT2D eigenvalue weighted by Crippen LogP contribution is 2.43. The number of esters is 1. The summed E-state index contributed by atoms with van der Waals surface area (Å²) in [6.07, 6.45) is 84.6. The van der Waals surface area contributed by atoms with Crippen LogP contribution in [0.25, 0.3) is 0 Å². The maximum absolute atomic E-state index is 13.6. The third-order valence-electron chi connectivity index (χ3n) is 17.6. The van der Waals surface area contributed by atoms with Gasteiger partial charge in [0.1, 0.15) is 19.3 Å². The molecule has 10 heteroatoms. The summed E-state index contributed by atoms with van der Waals surface area (Å²) in [6, 6.07) is -0.846. The second-order valence-electron chi connectivity index (χ2n) is 27.5. The van der Waals surface area contributed by atoms with Crippen molar-refractivity contribution < 1.29 is 37.3 Å². The molecular weight excluding hydrogens is 1100 g/mol. The van der Waals surface area contributed by atoms with Crippen molar-refractivity contribution in [3.05, 3.63) is 36.5 Å². The Labute approximate surface area is 542 Å². The third-order valence-corrected chi connectivity index (χ3v) is 18.5. The molecule has 0 aliphatic heterocycles. The van der Waals surface area contributed by atoms with E-state index in [1.54, 1.807) is 0 Å². The summed E-state index contributed by atoms with van der Waals surface area (Å²) in [6.45, 7) is 7.08. The SMILES string of the molecule is CCCCCCCC/C=C/CCCCCCCCCCCCCCCCCCCC(=O)OC(/C=C\CCCCCCCCCCCCC)C(COP(=O)(O)OCC[N+](C)(C)C)NC(=O)CCCCCCCCCCCCC/C=C/CCCCCCCC. The van der Waals surface area contributed by atoms with Gasteiger partial charge in [0, 0.05) is 12.8 Å². The van der Waals surface area contributed by atoms with Crippen molar-refractivity contribution >= 4 is 19.7 Å². The minimum atomic E-state index is -4.45. The molecule has 2 N–H and O–H groups in total. The van der Waals surface area contributed by atoms with Gasteiger partial charge in [0.2, 0.25) is 5.91 Å². The van der Waals surface area contributed by atoms with Gasteiger partial charge in [-0.25, -0.2) is 4.57 Å². The minimum absolute atomic E-state index is 0.0432. The number of likely N-dealkylation sites (N-methyl/N-ethyl adjacent to an activating group) is 1. The molecular formula is C77H150N2O7P+. The van der Waals surface area contributed by atoms with Crippen molar-refractivity contribution in [2.24, 2.45) is 0 Å². The first-order valence-electron chi connectivity index (χ1n) is 38.3. The molecule has 0 aromatic rings. The number of carbonyl (C=O) groups is 2. The smallest absolute Gasteiger partial charge is 0.456 e. The van der Waals surface area contributed by atoms with Crippen LogP contribution in [0.2, 0.25) is 0 Å². The van der Waals surface area contributed by atoms with Gasteiger partial charge in [0.05, 0.1) is 33.8 Å². The summed E-state index contributed by atoms with van der Waals surface area (Å²) in [5.74, 6) is -0.483. The van der Waals surface area contributed by atoms with Gasteiger partial charge in [-0.15, -0.1) is 0 Å². The number of unbranched alkanes of at least 4 members (excludes halogenated alkanes) is 51. The molecule has 87 heavy (non-hydrogen) atoms. The summed E-state index contributed by atoms with van der Waals surface area (Å²) in [5.41, 5.74) is 0. The molecule has 0 aliphatic rings. The molecule has 514 valence electrons. The number of nitrogens with zero attached hydrogens (tertiary/aromatic N) is 1. The van der Waals surface area contributed by atoms with Crippen LogP contribution in [0.15, 0.2) is 36.5 Å². The molecule has 0 aromatic carbocycles. The van der Waals surface area contributed by atoms with Gasteiger partial charge in [0.15, 0.2) is 0 Å². The van der Waals surface area contributed by atoms with E-state index in [4.69, 9.17) is 13.8 Å². The number of quaternary nitrogens is 1. The van der Waals surface area contributed by atoms with Gasteiger partial charge in [-0.05, 0) is 83.1 Å². The molecule has 0 radical (unpaired) electrons. The highest BCUT2D eigenvalue weighted by Gasteiger charge is 2.30. The van der Waals surface area contributed by atoms with Crippen LogP contribution in [0.4, 0.5) is 0 Å². The van der Waals surface area contributed by atoms with Crippen molar-refractivity contribution in [2.45, 2.75) is 405 Å². The van der Waals surface area contributed by atoms with E-state index in [0.29, 0.717) is 23.9 Å². The molecule has 0 aliphatic carbocycles. The van der Waals surface area contributed by atoms with Crippen molar-refractivity contribution in [1.82, 2.24) is 5.32 Å². The fourth-order valence-corrected chi connectivity index (χ4v) is 12.4. The van der Waals surface area contributed by atoms with E-state index in [1.807, 2.05) is 27.2 Å². The second-order valence-corrected chi connectivity index (χ2v) is 29.0. The van der Waals surface area contributed by atoms with Crippen LogP contribution in [0, 0.1) is 0 Å². The highest BCUT2D eigenvalue weighted by molar-refractivity contribution is 7.47. The number of hydrogen-bond acceptors (Lipinski definition) is 6. The predicted octanol–water partition coefficient (Wildman–Crippen LogP) is 24.6. The lowest BCUT2D eigenvalue weighted by atomic mass is 10.0. The Morgan fingerprint density at radius 2 is 0.667 bits per heavy atom. The van der Waals surface area contributed by atoms with Gasteiger partial charge in [-0.2, -0.15) is 0 Å². The summed E-state index contributed by atoms with van der Waals surface area (Å²) in [5, 5.41) is 3.08. The molecule has 0 fully saturated rings. The van der Waals surface area contributed by atoms with Crippen molar-refractivity contribution in [1.29, 1.82) is 0 Å². The third kappa shape index (κ3) is 68.4. The van der Waals surface area contributed by atoms with Gasteiger partial charge < -0.3 is 19.4 Å². The molecule has 0 bridgehead atoms. The monoisotopic (exact) mass is 1250 g/mol. The number of hydrogen-bond donors (Lipinski definition) is 2. The highest BCUT2D eigenvalue weighted by atomic mass is 31.2. The lowest BCUT2D eigenvalue weighted by Gasteiger charge is -2.27. The van der Waals surface area contributed by atoms with Crippen LogP contribution in [0.3, 0.4) is 0 Å². The van der Waals surface area contributed by atoms with Crippen LogP contribution >= 0.6 is 7.82 Å². The Bertz CT molecular complexity index is 1580. The maximum Gasteiger partial charge on any atom is 0.472 e. The largest absolute Gasteiger partial charge is 0.472 e.